The average Bonchev–Trinajstić information content (AvgIpc) is 2.71. The molecule has 0 aliphatic rings. The first-order chi connectivity index (χ1) is 13.6. The minimum Gasteiger partial charge on any atom is -0.462 e. The van der Waals surface area contributed by atoms with Gasteiger partial charge in [0, 0.05) is 24.7 Å². The normalized spacial score (nSPS) is 10.3. The second-order valence-electron chi connectivity index (χ2n) is 6.25. The van der Waals surface area contributed by atoms with E-state index in [2.05, 4.69) is 11.1 Å². The van der Waals surface area contributed by atoms with Crippen molar-refractivity contribution in [1.82, 2.24) is 9.55 Å². The summed E-state index contributed by atoms with van der Waals surface area (Å²) in [6.07, 6.45) is 5.39. The molecule has 2 heterocycles. The molecule has 6 heteroatoms. The van der Waals surface area contributed by atoms with Crippen molar-refractivity contribution in [1.29, 1.82) is 5.26 Å². The molecule has 0 aliphatic carbocycles. The summed E-state index contributed by atoms with van der Waals surface area (Å²) in [5.41, 5.74) is 3.35. The van der Waals surface area contributed by atoms with Crippen molar-refractivity contribution >= 4 is 5.97 Å². The van der Waals surface area contributed by atoms with E-state index in [-0.39, 0.29) is 5.56 Å². The topological polar surface area (TPSA) is 85.0 Å². The lowest BCUT2D eigenvalue weighted by molar-refractivity contribution is 0.0525. The van der Waals surface area contributed by atoms with Gasteiger partial charge in [0.05, 0.1) is 30.3 Å². The van der Waals surface area contributed by atoms with Gasteiger partial charge in [-0.2, -0.15) is 5.26 Å². The molecule has 0 saturated heterocycles. The molecule has 0 atom stereocenters. The lowest BCUT2D eigenvalue weighted by atomic mass is 9.99. The number of hydrogen-bond acceptors (Lipinski definition) is 5. The average molecular weight is 373 g/mol. The summed E-state index contributed by atoms with van der Waals surface area (Å²) in [4.78, 5) is 27.9. The van der Waals surface area contributed by atoms with Gasteiger partial charge in [-0.15, -0.1) is 0 Å². The van der Waals surface area contributed by atoms with Crippen molar-refractivity contribution in [3.05, 3.63) is 99.2 Å². The van der Waals surface area contributed by atoms with E-state index in [1.165, 1.54) is 12.3 Å². The van der Waals surface area contributed by atoms with E-state index in [4.69, 9.17) is 4.74 Å². The van der Waals surface area contributed by atoms with Crippen LogP contribution < -0.4 is 5.56 Å². The molecule has 3 rings (SSSR count). The standard InChI is InChI=1S/C22H19N3O3/c1-2-28-22(27)20-11-17(13-24-14-20)9-16-6-7-18(19(10-16)12-23)15-25-8-4-3-5-21(25)26/h3-8,10-11,13-14H,2,9,15H2,1H3. The second kappa shape index (κ2) is 8.78. The Labute approximate surface area is 162 Å². The van der Waals surface area contributed by atoms with Crippen molar-refractivity contribution in [2.75, 3.05) is 6.61 Å². The van der Waals surface area contributed by atoms with Gasteiger partial charge in [-0.25, -0.2) is 4.79 Å². The predicted octanol–water partition coefficient (Wildman–Crippen LogP) is 2.93. The predicted molar refractivity (Wildman–Crippen MR) is 104 cm³/mol. The first-order valence-electron chi connectivity index (χ1n) is 8.89. The zero-order chi connectivity index (χ0) is 19.9. The summed E-state index contributed by atoms with van der Waals surface area (Å²) in [6.45, 7) is 2.40. The van der Waals surface area contributed by atoms with Crippen LogP contribution in [0, 0.1) is 11.3 Å². The van der Waals surface area contributed by atoms with Crippen LogP contribution in [0.4, 0.5) is 0 Å². The van der Waals surface area contributed by atoms with Gasteiger partial charge in [-0.1, -0.05) is 18.2 Å². The van der Waals surface area contributed by atoms with Crippen molar-refractivity contribution in [2.45, 2.75) is 19.9 Å². The Bertz CT molecular complexity index is 1100. The molecule has 0 fully saturated rings. The quantitative estimate of drug-likeness (QED) is 0.620. The number of ether oxygens (including phenoxy) is 1. The van der Waals surface area contributed by atoms with Gasteiger partial charge in [-0.05, 0) is 48.2 Å². The zero-order valence-electron chi connectivity index (χ0n) is 15.5. The molecule has 0 amide bonds. The second-order valence-corrected chi connectivity index (χ2v) is 6.25. The minimum atomic E-state index is -0.404. The molecule has 0 radical (unpaired) electrons. The fourth-order valence-corrected chi connectivity index (χ4v) is 2.90. The van der Waals surface area contributed by atoms with Crippen LogP contribution in [-0.2, 0) is 17.7 Å². The number of pyridine rings is 2. The third kappa shape index (κ3) is 4.51. The Morgan fingerprint density at radius 1 is 1.18 bits per heavy atom. The van der Waals surface area contributed by atoms with Crippen LogP contribution in [0.2, 0.25) is 0 Å². The number of nitriles is 1. The highest BCUT2D eigenvalue weighted by Gasteiger charge is 2.10. The van der Waals surface area contributed by atoms with Crippen molar-refractivity contribution in [3.63, 3.8) is 0 Å². The lowest BCUT2D eigenvalue weighted by Gasteiger charge is -2.10. The summed E-state index contributed by atoms with van der Waals surface area (Å²) in [7, 11) is 0. The van der Waals surface area contributed by atoms with E-state index in [1.54, 1.807) is 48.1 Å². The molecule has 0 unspecified atom stereocenters. The van der Waals surface area contributed by atoms with Crippen LogP contribution in [0.25, 0.3) is 0 Å². The molecule has 0 N–H and O–H groups in total. The molecule has 3 aromatic rings. The molecule has 28 heavy (non-hydrogen) atoms. The van der Waals surface area contributed by atoms with E-state index in [0.717, 1.165) is 16.7 Å². The van der Waals surface area contributed by atoms with Crippen LogP contribution in [0.1, 0.15) is 39.5 Å². The number of hydrogen-bond donors (Lipinski definition) is 0. The summed E-state index contributed by atoms with van der Waals surface area (Å²) < 4.78 is 6.56. The molecule has 0 spiro atoms. The number of carbonyl (C=O) groups is 1. The summed E-state index contributed by atoms with van der Waals surface area (Å²) in [5, 5.41) is 9.52. The van der Waals surface area contributed by atoms with Crippen LogP contribution >= 0.6 is 0 Å². The van der Waals surface area contributed by atoms with E-state index in [1.807, 2.05) is 12.1 Å². The summed E-state index contributed by atoms with van der Waals surface area (Å²) in [6, 6.07) is 14.5. The van der Waals surface area contributed by atoms with E-state index in [0.29, 0.717) is 30.7 Å². The Hall–Kier alpha value is -3.72. The number of nitrogens with zero attached hydrogens (tertiary/aromatic N) is 3. The molecule has 2 aromatic heterocycles. The van der Waals surface area contributed by atoms with E-state index < -0.39 is 5.97 Å². The van der Waals surface area contributed by atoms with Crippen LogP contribution in [0.5, 0.6) is 0 Å². The molecular formula is C22H19N3O3. The fraction of sp³-hybridized carbons (Fsp3) is 0.182. The SMILES string of the molecule is CCOC(=O)c1cncc(Cc2ccc(Cn3ccccc3=O)c(C#N)c2)c1. The molecule has 0 bridgehead atoms. The van der Waals surface area contributed by atoms with Crippen LogP contribution in [0.3, 0.4) is 0 Å². The fourth-order valence-electron chi connectivity index (χ4n) is 2.90. The van der Waals surface area contributed by atoms with Gasteiger partial charge in [-0.3, -0.25) is 9.78 Å². The maximum Gasteiger partial charge on any atom is 0.339 e. The van der Waals surface area contributed by atoms with Gasteiger partial charge in [0.25, 0.3) is 5.56 Å². The lowest BCUT2D eigenvalue weighted by Crippen LogP contribution is -2.18. The maximum atomic E-state index is 11.9. The summed E-state index contributed by atoms with van der Waals surface area (Å²) >= 11 is 0. The smallest absolute Gasteiger partial charge is 0.339 e. The van der Waals surface area contributed by atoms with Gasteiger partial charge in [0.15, 0.2) is 0 Å². The molecule has 140 valence electrons. The highest BCUT2D eigenvalue weighted by Crippen LogP contribution is 2.16. The van der Waals surface area contributed by atoms with E-state index in [9.17, 15) is 14.9 Å². The molecule has 6 nitrogen and oxygen atoms in total. The Kier molecular flexibility index (Phi) is 5.97. The third-order valence-corrected chi connectivity index (χ3v) is 4.25. The number of carbonyl (C=O) groups excluding carboxylic acids is 1. The van der Waals surface area contributed by atoms with Gasteiger partial charge >= 0.3 is 5.97 Å². The Balaban J connectivity index is 1.82. The molecular weight excluding hydrogens is 354 g/mol. The molecule has 1 aromatic carbocycles. The number of aromatic nitrogens is 2. The third-order valence-electron chi connectivity index (χ3n) is 4.25. The van der Waals surface area contributed by atoms with Crippen LogP contribution in [0.15, 0.2) is 65.8 Å². The van der Waals surface area contributed by atoms with Crippen LogP contribution in [-0.4, -0.2) is 22.1 Å². The zero-order valence-corrected chi connectivity index (χ0v) is 15.5. The van der Waals surface area contributed by atoms with E-state index >= 15 is 0 Å². The van der Waals surface area contributed by atoms with Crippen molar-refractivity contribution in [2.24, 2.45) is 0 Å². The Morgan fingerprint density at radius 3 is 2.79 bits per heavy atom. The summed E-state index contributed by atoms with van der Waals surface area (Å²) in [5.74, 6) is -0.404. The first-order valence-corrected chi connectivity index (χ1v) is 8.89. The highest BCUT2D eigenvalue weighted by molar-refractivity contribution is 5.89. The number of rotatable bonds is 6. The van der Waals surface area contributed by atoms with Crippen molar-refractivity contribution in [3.8, 4) is 6.07 Å². The highest BCUT2D eigenvalue weighted by atomic mass is 16.5. The Morgan fingerprint density at radius 2 is 2.04 bits per heavy atom. The largest absolute Gasteiger partial charge is 0.462 e. The molecule has 0 aliphatic heterocycles. The minimum absolute atomic E-state index is 0.114. The monoisotopic (exact) mass is 373 g/mol. The van der Waals surface area contributed by atoms with Gasteiger partial charge < -0.3 is 9.30 Å². The first kappa shape index (κ1) is 19.1. The number of benzene rings is 1. The van der Waals surface area contributed by atoms with Gasteiger partial charge in [0.2, 0.25) is 0 Å². The molecule has 0 saturated carbocycles. The van der Waals surface area contributed by atoms with Crippen molar-refractivity contribution < 1.29 is 9.53 Å². The van der Waals surface area contributed by atoms with Gasteiger partial charge in [0.1, 0.15) is 0 Å². The number of esters is 1. The maximum absolute atomic E-state index is 11.9.